The molecule has 39 heavy (non-hydrogen) atoms. The highest BCUT2D eigenvalue weighted by molar-refractivity contribution is 7.86. The van der Waals surface area contributed by atoms with E-state index in [4.69, 9.17) is 4.74 Å². The van der Waals surface area contributed by atoms with Gasteiger partial charge >= 0.3 is 0 Å². The third kappa shape index (κ3) is 12.4. The Labute approximate surface area is 235 Å². The SMILES string of the molecule is CCCCCCCCCc1ccc(Oc2ccc(CCCCCCCCC)cc2S(=O)(=O)O)c(S(=O)(=O)O)c1. The molecular weight excluding hydrogens is 536 g/mol. The standard InChI is InChI=1S/C30H46O7S2/c1-3-5-7-9-11-13-15-17-25-19-21-27(29(23-25)38(31,32)33)37-28-22-20-26(24-30(28)39(34,35)36)18-16-14-12-10-8-6-4-2/h19-24H,3-18H2,1-2H3,(H,31,32,33)(H,34,35,36). The quantitative estimate of drug-likeness (QED) is 0.119. The first kappa shape index (κ1) is 33.3. The van der Waals surface area contributed by atoms with Crippen molar-refractivity contribution >= 4 is 20.2 Å². The van der Waals surface area contributed by atoms with Gasteiger partial charge in [0.15, 0.2) is 0 Å². The monoisotopic (exact) mass is 582 g/mol. The Balaban J connectivity index is 2.12. The molecule has 0 aromatic heterocycles. The predicted molar refractivity (Wildman–Crippen MR) is 156 cm³/mol. The second-order valence-electron chi connectivity index (χ2n) is 10.4. The first-order chi connectivity index (χ1) is 18.6. The van der Waals surface area contributed by atoms with Crippen LogP contribution in [0.4, 0.5) is 0 Å². The Morgan fingerprint density at radius 3 is 1.21 bits per heavy atom. The lowest BCUT2D eigenvalue weighted by molar-refractivity contribution is 0.433. The molecule has 0 saturated carbocycles. The summed E-state index contributed by atoms with van der Waals surface area (Å²) in [5, 5.41) is 0. The molecule has 2 aromatic carbocycles. The van der Waals surface area contributed by atoms with E-state index < -0.39 is 30.0 Å². The molecule has 0 aliphatic rings. The first-order valence-corrected chi connectivity index (χ1v) is 17.3. The number of aryl methyl sites for hydroxylation is 2. The van der Waals surface area contributed by atoms with E-state index in [1.165, 1.54) is 75.6 Å². The van der Waals surface area contributed by atoms with Crippen LogP contribution in [0.25, 0.3) is 0 Å². The molecule has 0 aliphatic carbocycles. The van der Waals surface area contributed by atoms with Crippen LogP contribution in [0.15, 0.2) is 46.2 Å². The van der Waals surface area contributed by atoms with Crippen LogP contribution in [0.1, 0.15) is 115 Å². The van der Waals surface area contributed by atoms with E-state index >= 15 is 0 Å². The topological polar surface area (TPSA) is 118 Å². The molecule has 0 saturated heterocycles. The molecule has 0 fully saturated rings. The van der Waals surface area contributed by atoms with Gasteiger partial charge in [0.25, 0.3) is 20.2 Å². The number of benzene rings is 2. The Bertz CT molecular complexity index is 1130. The minimum absolute atomic E-state index is 0.203. The van der Waals surface area contributed by atoms with Gasteiger partial charge in [0.2, 0.25) is 0 Å². The first-order valence-electron chi connectivity index (χ1n) is 14.4. The summed E-state index contributed by atoms with van der Waals surface area (Å²) < 4.78 is 74.0. The van der Waals surface area contributed by atoms with E-state index in [2.05, 4.69) is 13.8 Å². The normalized spacial score (nSPS) is 12.1. The number of hydrogen-bond acceptors (Lipinski definition) is 5. The maximum Gasteiger partial charge on any atom is 0.298 e. The van der Waals surface area contributed by atoms with Crippen LogP contribution >= 0.6 is 0 Å². The lowest BCUT2D eigenvalue weighted by Gasteiger charge is -2.14. The van der Waals surface area contributed by atoms with Gasteiger partial charge in [0.05, 0.1) is 0 Å². The average Bonchev–Trinajstić information content (AvgIpc) is 2.88. The second kappa shape index (κ2) is 17.0. The summed E-state index contributed by atoms with van der Waals surface area (Å²) in [6.07, 6.45) is 17.1. The molecule has 0 amide bonds. The largest absolute Gasteiger partial charge is 0.454 e. The van der Waals surface area contributed by atoms with E-state index in [9.17, 15) is 25.9 Å². The maximum absolute atomic E-state index is 12.1. The van der Waals surface area contributed by atoms with Crippen LogP contribution in [-0.4, -0.2) is 25.9 Å². The molecule has 7 nitrogen and oxygen atoms in total. The lowest BCUT2D eigenvalue weighted by Crippen LogP contribution is -2.06. The van der Waals surface area contributed by atoms with Gasteiger partial charge in [-0.05, 0) is 61.1 Å². The van der Waals surface area contributed by atoms with Gasteiger partial charge in [-0.15, -0.1) is 0 Å². The molecule has 2 N–H and O–H groups in total. The summed E-state index contributed by atoms with van der Waals surface area (Å²) in [5.74, 6) is -0.406. The summed E-state index contributed by atoms with van der Waals surface area (Å²) in [6, 6.07) is 8.99. The second-order valence-corrected chi connectivity index (χ2v) is 13.1. The molecule has 9 heteroatoms. The maximum atomic E-state index is 12.1. The minimum atomic E-state index is -4.64. The molecule has 0 aliphatic heterocycles. The number of unbranched alkanes of at least 4 members (excludes halogenated alkanes) is 12. The van der Waals surface area contributed by atoms with Gasteiger partial charge in [-0.2, -0.15) is 16.8 Å². The van der Waals surface area contributed by atoms with Crippen LogP contribution in [0, 0.1) is 0 Å². The molecule has 0 spiro atoms. The zero-order chi connectivity index (χ0) is 28.7. The Morgan fingerprint density at radius 1 is 0.538 bits per heavy atom. The van der Waals surface area contributed by atoms with Crippen LogP contribution in [0.5, 0.6) is 11.5 Å². The molecule has 220 valence electrons. The highest BCUT2D eigenvalue weighted by atomic mass is 32.2. The van der Waals surface area contributed by atoms with Gasteiger partial charge in [-0.3, -0.25) is 9.11 Å². The molecule has 0 bridgehead atoms. The average molecular weight is 583 g/mol. The van der Waals surface area contributed by atoms with Crippen molar-refractivity contribution in [2.24, 2.45) is 0 Å². The van der Waals surface area contributed by atoms with Crippen LogP contribution in [-0.2, 0) is 33.1 Å². The molecule has 0 heterocycles. The van der Waals surface area contributed by atoms with Crippen molar-refractivity contribution in [1.29, 1.82) is 0 Å². The zero-order valence-corrected chi connectivity index (χ0v) is 25.2. The smallest absolute Gasteiger partial charge is 0.298 e. The lowest BCUT2D eigenvalue weighted by atomic mass is 10.0. The Hall–Kier alpha value is -1.94. The molecule has 0 unspecified atom stereocenters. The van der Waals surface area contributed by atoms with Crippen molar-refractivity contribution in [2.45, 2.75) is 126 Å². The summed E-state index contributed by atoms with van der Waals surface area (Å²) in [4.78, 5) is -0.868. The summed E-state index contributed by atoms with van der Waals surface area (Å²) in [5.41, 5.74) is 1.48. The molecule has 0 radical (unpaired) electrons. The van der Waals surface area contributed by atoms with E-state index in [1.807, 2.05) is 0 Å². The number of rotatable bonds is 20. The highest BCUT2D eigenvalue weighted by Gasteiger charge is 2.23. The molecular formula is C30H46O7S2. The molecule has 2 rings (SSSR count). The van der Waals surface area contributed by atoms with E-state index in [-0.39, 0.29) is 11.5 Å². The fourth-order valence-electron chi connectivity index (χ4n) is 4.68. The van der Waals surface area contributed by atoms with Crippen molar-refractivity contribution in [2.75, 3.05) is 0 Å². The predicted octanol–water partition coefficient (Wildman–Crippen LogP) is 8.56. The molecule has 0 atom stereocenters. The van der Waals surface area contributed by atoms with Crippen LogP contribution in [0.3, 0.4) is 0 Å². The fourth-order valence-corrected chi connectivity index (χ4v) is 6.01. The van der Waals surface area contributed by atoms with Gasteiger partial charge in [0.1, 0.15) is 21.3 Å². The van der Waals surface area contributed by atoms with Crippen molar-refractivity contribution < 1.29 is 30.7 Å². The van der Waals surface area contributed by atoms with Gasteiger partial charge in [0, 0.05) is 0 Å². The van der Waals surface area contributed by atoms with Crippen molar-refractivity contribution in [3.63, 3.8) is 0 Å². The van der Waals surface area contributed by atoms with Crippen LogP contribution < -0.4 is 4.74 Å². The Kier molecular flexibility index (Phi) is 14.5. The van der Waals surface area contributed by atoms with E-state index in [0.717, 1.165) is 49.7 Å². The molecule has 2 aromatic rings. The fraction of sp³-hybridized carbons (Fsp3) is 0.600. The van der Waals surface area contributed by atoms with Crippen LogP contribution in [0.2, 0.25) is 0 Å². The van der Waals surface area contributed by atoms with Crippen molar-refractivity contribution in [3.05, 3.63) is 47.5 Å². The summed E-state index contributed by atoms with van der Waals surface area (Å²) in [6.45, 7) is 4.35. The number of hydrogen-bond donors (Lipinski definition) is 2. The van der Waals surface area contributed by atoms with Gasteiger partial charge < -0.3 is 4.74 Å². The number of ether oxygens (including phenoxy) is 1. The third-order valence-corrected chi connectivity index (χ3v) is 8.68. The van der Waals surface area contributed by atoms with Gasteiger partial charge in [-0.25, -0.2) is 0 Å². The highest BCUT2D eigenvalue weighted by Crippen LogP contribution is 2.34. The zero-order valence-electron chi connectivity index (χ0n) is 23.5. The summed E-state index contributed by atoms with van der Waals surface area (Å²) >= 11 is 0. The van der Waals surface area contributed by atoms with Crippen molar-refractivity contribution in [1.82, 2.24) is 0 Å². The van der Waals surface area contributed by atoms with Crippen molar-refractivity contribution in [3.8, 4) is 11.5 Å². The third-order valence-electron chi connectivity index (χ3n) is 6.93. The Morgan fingerprint density at radius 2 is 0.872 bits per heavy atom. The summed E-state index contributed by atoms with van der Waals surface area (Å²) in [7, 11) is -9.28. The van der Waals surface area contributed by atoms with Gasteiger partial charge in [-0.1, -0.05) is 103 Å². The minimum Gasteiger partial charge on any atom is -0.454 e. The van der Waals surface area contributed by atoms with E-state index in [1.54, 1.807) is 12.1 Å². The van der Waals surface area contributed by atoms with E-state index in [0.29, 0.717) is 12.8 Å².